The Morgan fingerprint density at radius 3 is 2.71 bits per heavy atom. The Balaban J connectivity index is 1.93. The fourth-order valence-electron chi connectivity index (χ4n) is 2.54. The van der Waals surface area contributed by atoms with Crippen LogP contribution in [0.15, 0.2) is 24.3 Å². The number of rotatable bonds is 7. The number of hydrogen-bond donors (Lipinski definition) is 2. The zero-order chi connectivity index (χ0) is 17.7. The lowest BCUT2D eigenvalue weighted by Gasteiger charge is -2.19. The molecule has 1 saturated heterocycles. The fourth-order valence-corrected chi connectivity index (χ4v) is 2.54. The van der Waals surface area contributed by atoms with Crippen LogP contribution in [-0.4, -0.2) is 42.1 Å². The molecule has 0 aliphatic carbocycles. The van der Waals surface area contributed by atoms with Gasteiger partial charge in [-0.15, -0.1) is 0 Å². The summed E-state index contributed by atoms with van der Waals surface area (Å²) >= 11 is 0. The van der Waals surface area contributed by atoms with Gasteiger partial charge in [0.1, 0.15) is 11.8 Å². The Labute approximate surface area is 140 Å². The smallest absolute Gasteiger partial charge is 0.326 e. The first-order valence-corrected chi connectivity index (χ1v) is 7.94. The zero-order valence-corrected chi connectivity index (χ0v) is 13.8. The van der Waals surface area contributed by atoms with Crippen molar-refractivity contribution in [3.63, 3.8) is 0 Å². The predicted octanol–water partition coefficient (Wildman–Crippen LogP) is 1.42. The molecule has 0 radical (unpaired) electrons. The van der Waals surface area contributed by atoms with Crippen molar-refractivity contribution in [1.82, 2.24) is 5.32 Å². The van der Waals surface area contributed by atoms with Crippen molar-refractivity contribution in [2.24, 2.45) is 5.92 Å². The quantitative estimate of drug-likeness (QED) is 0.786. The molecule has 2 amide bonds. The van der Waals surface area contributed by atoms with Crippen LogP contribution in [0.4, 0.5) is 5.69 Å². The lowest BCUT2D eigenvalue weighted by Crippen LogP contribution is -2.46. The average molecular weight is 334 g/mol. The molecular formula is C17H22N2O5. The summed E-state index contributed by atoms with van der Waals surface area (Å²) in [6, 6.07) is 6.01. The van der Waals surface area contributed by atoms with Gasteiger partial charge in [0, 0.05) is 24.7 Å². The van der Waals surface area contributed by atoms with E-state index in [9.17, 15) is 14.4 Å². The minimum atomic E-state index is -1.08. The molecule has 24 heavy (non-hydrogen) atoms. The number of carboxylic acids is 1. The first kappa shape index (κ1) is 17.8. The van der Waals surface area contributed by atoms with Gasteiger partial charge in [0.15, 0.2) is 6.61 Å². The topological polar surface area (TPSA) is 95.9 Å². The van der Waals surface area contributed by atoms with E-state index < -0.39 is 17.9 Å². The Morgan fingerprint density at radius 2 is 2.12 bits per heavy atom. The third-order valence-corrected chi connectivity index (χ3v) is 3.82. The molecule has 1 atom stereocenters. The van der Waals surface area contributed by atoms with Crippen LogP contribution in [0.3, 0.4) is 0 Å². The van der Waals surface area contributed by atoms with Crippen molar-refractivity contribution in [2.45, 2.75) is 32.7 Å². The molecule has 1 aliphatic rings. The molecule has 1 fully saturated rings. The van der Waals surface area contributed by atoms with Gasteiger partial charge in [-0.1, -0.05) is 19.9 Å². The second-order valence-electron chi connectivity index (χ2n) is 6.06. The summed E-state index contributed by atoms with van der Waals surface area (Å²) in [6.45, 7) is 3.83. The molecule has 1 heterocycles. The highest BCUT2D eigenvalue weighted by atomic mass is 16.5. The molecule has 0 bridgehead atoms. The number of ether oxygens (including phenoxy) is 1. The van der Waals surface area contributed by atoms with Crippen molar-refractivity contribution >= 4 is 23.5 Å². The SMILES string of the molecule is CC(C)[C@@H](NC(=O)COc1cccc(N2CCCC2=O)c1)C(=O)O. The highest BCUT2D eigenvalue weighted by Gasteiger charge is 2.24. The van der Waals surface area contributed by atoms with Gasteiger partial charge in [-0.25, -0.2) is 4.79 Å². The van der Waals surface area contributed by atoms with Gasteiger partial charge in [0.25, 0.3) is 5.91 Å². The summed E-state index contributed by atoms with van der Waals surface area (Å²) in [5.41, 5.74) is 0.737. The van der Waals surface area contributed by atoms with Gasteiger partial charge in [-0.05, 0) is 24.5 Å². The number of carbonyl (C=O) groups excluding carboxylic acids is 2. The number of anilines is 1. The predicted molar refractivity (Wildman–Crippen MR) is 87.9 cm³/mol. The number of hydrogen-bond acceptors (Lipinski definition) is 4. The summed E-state index contributed by atoms with van der Waals surface area (Å²) in [5.74, 6) is -1.27. The number of nitrogens with one attached hydrogen (secondary N) is 1. The van der Waals surface area contributed by atoms with E-state index in [2.05, 4.69) is 5.32 Å². The molecule has 7 heteroatoms. The lowest BCUT2D eigenvalue weighted by molar-refractivity contribution is -0.143. The maximum atomic E-state index is 11.9. The summed E-state index contributed by atoms with van der Waals surface area (Å²) in [4.78, 5) is 36.4. The molecule has 1 aromatic rings. The number of carbonyl (C=O) groups is 3. The van der Waals surface area contributed by atoms with Gasteiger partial charge in [-0.2, -0.15) is 0 Å². The minimum absolute atomic E-state index is 0.0751. The number of carboxylic acid groups (broad SMARTS) is 1. The monoisotopic (exact) mass is 334 g/mol. The van der Waals surface area contributed by atoms with Crippen molar-refractivity contribution < 1.29 is 24.2 Å². The number of benzene rings is 1. The number of nitrogens with zero attached hydrogens (tertiary/aromatic N) is 1. The van der Waals surface area contributed by atoms with Crippen LogP contribution in [0.5, 0.6) is 5.75 Å². The van der Waals surface area contributed by atoms with Gasteiger partial charge >= 0.3 is 5.97 Å². The summed E-state index contributed by atoms with van der Waals surface area (Å²) < 4.78 is 5.42. The first-order chi connectivity index (χ1) is 11.4. The Kier molecular flexibility index (Phi) is 5.78. The van der Waals surface area contributed by atoms with E-state index in [4.69, 9.17) is 9.84 Å². The molecule has 0 unspecified atom stereocenters. The second-order valence-corrected chi connectivity index (χ2v) is 6.06. The highest BCUT2D eigenvalue weighted by Crippen LogP contribution is 2.25. The number of amides is 2. The van der Waals surface area contributed by atoms with Crippen molar-refractivity contribution in [3.05, 3.63) is 24.3 Å². The van der Waals surface area contributed by atoms with Gasteiger partial charge < -0.3 is 20.1 Å². The van der Waals surface area contributed by atoms with Crippen LogP contribution < -0.4 is 15.0 Å². The molecule has 2 rings (SSSR count). The van der Waals surface area contributed by atoms with Crippen molar-refractivity contribution in [1.29, 1.82) is 0 Å². The van der Waals surface area contributed by atoms with Gasteiger partial charge in [0.05, 0.1) is 0 Å². The standard InChI is InChI=1S/C17H22N2O5/c1-11(2)16(17(22)23)18-14(20)10-24-13-6-3-5-12(9-13)19-8-4-7-15(19)21/h3,5-6,9,11,16H,4,7-8,10H2,1-2H3,(H,18,20)(H,22,23)/t16-/m1/s1. The minimum Gasteiger partial charge on any atom is -0.484 e. The van der Waals surface area contributed by atoms with Crippen LogP contribution in [0.1, 0.15) is 26.7 Å². The second kappa shape index (κ2) is 7.81. The molecule has 1 aliphatic heterocycles. The van der Waals surface area contributed by atoms with E-state index in [0.29, 0.717) is 18.7 Å². The number of aliphatic carboxylic acids is 1. The summed E-state index contributed by atoms with van der Waals surface area (Å²) in [6.07, 6.45) is 1.37. The van der Waals surface area contributed by atoms with Crippen LogP contribution in [0.25, 0.3) is 0 Å². The third-order valence-electron chi connectivity index (χ3n) is 3.82. The van der Waals surface area contributed by atoms with E-state index in [0.717, 1.165) is 12.1 Å². The van der Waals surface area contributed by atoms with E-state index >= 15 is 0 Å². The third kappa shape index (κ3) is 4.47. The molecule has 0 spiro atoms. The largest absolute Gasteiger partial charge is 0.484 e. The van der Waals surface area contributed by atoms with Crippen LogP contribution in [0.2, 0.25) is 0 Å². The summed E-state index contributed by atoms with van der Waals surface area (Å²) in [7, 11) is 0. The van der Waals surface area contributed by atoms with E-state index in [1.165, 1.54) is 0 Å². The zero-order valence-electron chi connectivity index (χ0n) is 13.8. The fraction of sp³-hybridized carbons (Fsp3) is 0.471. The van der Waals surface area contributed by atoms with E-state index in [1.54, 1.807) is 36.9 Å². The van der Waals surface area contributed by atoms with Gasteiger partial charge in [-0.3, -0.25) is 9.59 Å². The van der Waals surface area contributed by atoms with Crippen molar-refractivity contribution in [2.75, 3.05) is 18.1 Å². The van der Waals surface area contributed by atoms with E-state index in [1.807, 2.05) is 6.07 Å². The normalized spacial score (nSPS) is 15.5. The van der Waals surface area contributed by atoms with Gasteiger partial charge in [0.2, 0.25) is 5.91 Å². The van der Waals surface area contributed by atoms with Crippen molar-refractivity contribution in [3.8, 4) is 5.75 Å². The van der Waals surface area contributed by atoms with E-state index in [-0.39, 0.29) is 18.4 Å². The van der Waals surface area contributed by atoms with Crippen LogP contribution >= 0.6 is 0 Å². The molecular weight excluding hydrogens is 312 g/mol. The highest BCUT2D eigenvalue weighted by molar-refractivity contribution is 5.95. The Morgan fingerprint density at radius 1 is 1.38 bits per heavy atom. The Hall–Kier alpha value is -2.57. The molecule has 1 aromatic carbocycles. The maximum Gasteiger partial charge on any atom is 0.326 e. The maximum absolute atomic E-state index is 11.9. The molecule has 0 saturated carbocycles. The molecule has 2 N–H and O–H groups in total. The van der Waals surface area contributed by atoms with Crippen LogP contribution in [0, 0.1) is 5.92 Å². The first-order valence-electron chi connectivity index (χ1n) is 7.94. The van der Waals surface area contributed by atoms with Crippen LogP contribution in [-0.2, 0) is 14.4 Å². The summed E-state index contributed by atoms with van der Waals surface area (Å²) in [5, 5.41) is 11.5. The Bertz CT molecular complexity index is 629. The average Bonchev–Trinajstić information content (AvgIpc) is 2.96. The molecule has 0 aromatic heterocycles. The lowest BCUT2D eigenvalue weighted by atomic mass is 10.1. The molecule has 7 nitrogen and oxygen atoms in total. The molecule has 130 valence electrons.